The molecule has 0 aliphatic rings. The van der Waals surface area contributed by atoms with Gasteiger partial charge in [0, 0.05) is 0 Å². The second-order valence-corrected chi connectivity index (χ2v) is 2.83. The number of para-hydroxylation sites is 1. The predicted molar refractivity (Wildman–Crippen MR) is 50.5 cm³/mol. The lowest BCUT2D eigenvalue weighted by atomic mass is 10.2. The number of aryl methyl sites for hydroxylation is 1. The van der Waals surface area contributed by atoms with Crippen LogP contribution in [-0.2, 0) is 0 Å². The molecule has 0 spiro atoms. The van der Waals surface area contributed by atoms with E-state index in [1.165, 1.54) is 4.80 Å². The summed E-state index contributed by atoms with van der Waals surface area (Å²) in [5, 5.41) is 8.03. The van der Waals surface area contributed by atoms with Gasteiger partial charge in [-0.05, 0) is 18.6 Å². The summed E-state index contributed by atoms with van der Waals surface area (Å²) in [7, 11) is 0. The van der Waals surface area contributed by atoms with Crippen LogP contribution < -0.4 is 5.73 Å². The van der Waals surface area contributed by atoms with Gasteiger partial charge in [-0.25, -0.2) is 0 Å². The van der Waals surface area contributed by atoms with Crippen LogP contribution in [-0.4, -0.2) is 15.0 Å². The number of nitrogen functional groups attached to an aromatic ring is 1. The highest BCUT2D eigenvalue weighted by molar-refractivity contribution is 5.61. The summed E-state index contributed by atoms with van der Waals surface area (Å²) in [5.41, 5.74) is 8.45. The second-order valence-electron chi connectivity index (χ2n) is 2.83. The van der Waals surface area contributed by atoms with Gasteiger partial charge >= 0.3 is 0 Å². The minimum atomic E-state index is 0.721. The molecule has 0 radical (unpaired) electrons. The van der Waals surface area contributed by atoms with E-state index in [4.69, 9.17) is 5.73 Å². The number of nitrogens with zero attached hydrogens (tertiary/aromatic N) is 3. The molecule has 2 rings (SSSR count). The van der Waals surface area contributed by atoms with Gasteiger partial charge in [-0.3, -0.25) is 0 Å². The van der Waals surface area contributed by atoms with E-state index in [1.54, 1.807) is 12.4 Å². The smallest absolute Gasteiger partial charge is 0.109 e. The Morgan fingerprint density at radius 1 is 1.23 bits per heavy atom. The van der Waals surface area contributed by atoms with Gasteiger partial charge in [-0.2, -0.15) is 10.2 Å². The highest BCUT2D eigenvalue weighted by Gasteiger charge is 2.03. The molecule has 1 aromatic carbocycles. The molecular formula is C9H10N4. The third kappa shape index (κ3) is 1.26. The number of benzene rings is 1. The van der Waals surface area contributed by atoms with Crippen LogP contribution in [0.2, 0.25) is 0 Å². The fourth-order valence-corrected chi connectivity index (χ4v) is 1.18. The first-order valence-corrected chi connectivity index (χ1v) is 4.01. The minimum Gasteiger partial charge on any atom is -0.397 e. The summed E-state index contributed by atoms with van der Waals surface area (Å²) in [6.07, 6.45) is 3.25. The van der Waals surface area contributed by atoms with Crippen molar-refractivity contribution in [1.29, 1.82) is 0 Å². The lowest BCUT2D eigenvalue weighted by molar-refractivity contribution is 0.753. The first-order chi connectivity index (χ1) is 6.29. The van der Waals surface area contributed by atoms with Gasteiger partial charge in [0.25, 0.3) is 0 Å². The van der Waals surface area contributed by atoms with Crippen LogP contribution in [0.3, 0.4) is 0 Å². The van der Waals surface area contributed by atoms with Gasteiger partial charge in [0.2, 0.25) is 0 Å². The van der Waals surface area contributed by atoms with Crippen molar-refractivity contribution in [3.63, 3.8) is 0 Å². The molecule has 2 N–H and O–H groups in total. The van der Waals surface area contributed by atoms with Crippen LogP contribution in [0.25, 0.3) is 5.69 Å². The van der Waals surface area contributed by atoms with Crippen molar-refractivity contribution in [1.82, 2.24) is 15.0 Å². The average molecular weight is 174 g/mol. The van der Waals surface area contributed by atoms with Crippen LogP contribution in [0.5, 0.6) is 0 Å². The maximum absolute atomic E-state index is 5.87. The topological polar surface area (TPSA) is 56.7 Å². The molecule has 4 heteroatoms. The molecule has 2 aromatic rings. The van der Waals surface area contributed by atoms with Gasteiger partial charge in [-0.15, -0.1) is 4.80 Å². The lowest BCUT2D eigenvalue weighted by Crippen LogP contribution is -2.03. The molecule has 1 heterocycles. The van der Waals surface area contributed by atoms with E-state index >= 15 is 0 Å². The van der Waals surface area contributed by atoms with Crippen LogP contribution in [0.1, 0.15) is 5.56 Å². The first kappa shape index (κ1) is 7.79. The summed E-state index contributed by atoms with van der Waals surface area (Å²) < 4.78 is 0. The van der Waals surface area contributed by atoms with Crippen LogP contribution in [0.4, 0.5) is 5.69 Å². The summed E-state index contributed by atoms with van der Waals surface area (Å²) in [4.78, 5) is 1.52. The molecule has 0 aliphatic carbocycles. The Bertz CT molecular complexity index is 406. The Morgan fingerprint density at radius 2 is 1.92 bits per heavy atom. The van der Waals surface area contributed by atoms with Gasteiger partial charge in [-0.1, -0.05) is 12.1 Å². The van der Waals surface area contributed by atoms with Crippen LogP contribution in [0.15, 0.2) is 30.6 Å². The summed E-state index contributed by atoms with van der Waals surface area (Å²) in [6.45, 7) is 1.96. The molecule has 0 unspecified atom stereocenters. The van der Waals surface area contributed by atoms with E-state index in [-0.39, 0.29) is 0 Å². The Labute approximate surface area is 76.0 Å². The largest absolute Gasteiger partial charge is 0.397 e. The van der Waals surface area contributed by atoms with Gasteiger partial charge in [0.1, 0.15) is 5.69 Å². The van der Waals surface area contributed by atoms with E-state index in [0.29, 0.717) is 0 Å². The molecule has 13 heavy (non-hydrogen) atoms. The van der Waals surface area contributed by atoms with Gasteiger partial charge in [0.15, 0.2) is 0 Å². The van der Waals surface area contributed by atoms with Crippen molar-refractivity contribution in [3.05, 3.63) is 36.2 Å². The first-order valence-electron chi connectivity index (χ1n) is 4.01. The molecule has 0 atom stereocenters. The Kier molecular flexibility index (Phi) is 1.73. The average Bonchev–Trinajstić information content (AvgIpc) is 2.62. The maximum atomic E-state index is 5.87. The minimum absolute atomic E-state index is 0.721. The quantitative estimate of drug-likeness (QED) is 0.660. The zero-order valence-electron chi connectivity index (χ0n) is 7.31. The molecule has 0 saturated carbocycles. The molecule has 4 nitrogen and oxygen atoms in total. The highest BCUT2D eigenvalue weighted by Crippen LogP contribution is 2.18. The number of nitrogens with two attached hydrogens (primary N) is 1. The van der Waals surface area contributed by atoms with Crippen molar-refractivity contribution in [2.75, 3.05) is 5.73 Å². The molecule has 0 amide bonds. The van der Waals surface area contributed by atoms with Crippen LogP contribution >= 0.6 is 0 Å². The molecule has 1 aromatic heterocycles. The predicted octanol–water partition coefficient (Wildman–Crippen LogP) is 1.16. The number of anilines is 1. The van der Waals surface area contributed by atoms with Crippen molar-refractivity contribution in [3.8, 4) is 5.69 Å². The molecular weight excluding hydrogens is 164 g/mol. The van der Waals surface area contributed by atoms with E-state index in [9.17, 15) is 0 Å². The zero-order valence-corrected chi connectivity index (χ0v) is 7.31. The van der Waals surface area contributed by atoms with E-state index in [2.05, 4.69) is 10.2 Å². The standard InChI is InChI=1S/C9H10N4/c1-7-3-2-4-8(9(7)10)13-11-5-6-12-13/h2-6H,10H2,1H3. The zero-order chi connectivity index (χ0) is 9.26. The molecule has 66 valence electrons. The van der Waals surface area contributed by atoms with E-state index < -0.39 is 0 Å². The number of aromatic nitrogens is 3. The molecule has 0 aliphatic heterocycles. The SMILES string of the molecule is Cc1cccc(-n2nccn2)c1N. The molecule has 0 bridgehead atoms. The van der Waals surface area contributed by atoms with Gasteiger partial charge in [0.05, 0.1) is 18.1 Å². The normalized spacial score (nSPS) is 10.2. The fourth-order valence-electron chi connectivity index (χ4n) is 1.18. The molecule has 0 saturated heterocycles. The summed E-state index contributed by atoms with van der Waals surface area (Å²) >= 11 is 0. The van der Waals surface area contributed by atoms with Crippen molar-refractivity contribution < 1.29 is 0 Å². The third-order valence-electron chi connectivity index (χ3n) is 1.94. The Morgan fingerprint density at radius 3 is 2.62 bits per heavy atom. The van der Waals surface area contributed by atoms with Crippen LogP contribution in [0, 0.1) is 6.92 Å². The fraction of sp³-hybridized carbons (Fsp3) is 0.111. The Hall–Kier alpha value is -1.84. The van der Waals surface area contributed by atoms with Gasteiger partial charge < -0.3 is 5.73 Å². The second kappa shape index (κ2) is 2.90. The highest BCUT2D eigenvalue weighted by atomic mass is 15.5. The number of rotatable bonds is 1. The summed E-state index contributed by atoms with van der Waals surface area (Å²) in [5.74, 6) is 0. The monoisotopic (exact) mass is 174 g/mol. The number of hydrogen-bond donors (Lipinski definition) is 1. The van der Waals surface area contributed by atoms with E-state index in [1.807, 2.05) is 25.1 Å². The molecule has 0 fully saturated rings. The maximum Gasteiger partial charge on any atom is 0.109 e. The Balaban J connectivity index is 2.59. The van der Waals surface area contributed by atoms with Crippen molar-refractivity contribution >= 4 is 5.69 Å². The van der Waals surface area contributed by atoms with Crippen molar-refractivity contribution in [2.24, 2.45) is 0 Å². The number of hydrogen-bond acceptors (Lipinski definition) is 3. The summed E-state index contributed by atoms with van der Waals surface area (Å²) in [6, 6.07) is 5.79. The van der Waals surface area contributed by atoms with Crippen molar-refractivity contribution in [2.45, 2.75) is 6.92 Å². The lowest BCUT2D eigenvalue weighted by Gasteiger charge is -2.05. The third-order valence-corrected chi connectivity index (χ3v) is 1.94. The van der Waals surface area contributed by atoms with E-state index in [0.717, 1.165) is 16.9 Å².